The number of rotatable bonds is 1. The molecule has 0 aromatic heterocycles. The maximum absolute atomic E-state index is 4.44. The lowest BCUT2D eigenvalue weighted by Gasteiger charge is -2.15. The van der Waals surface area contributed by atoms with Crippen LogP contribution in [0.1, 0.15) is 34.7 Å². The topological polar surface area (TPSA) is 12.4 Å². The van der Waals surface area contributed by atoms with Gasteiger partial charge in [0.2, 0.25) is 0 Å². The van der Waals surface area contributed by atoms with Crippen molar-refractivity contribution in [2.24, 2.45) is 4.99 Å². The molecule has 1 rings (SSSR count). The monoisotopic (exact) mass is 189 g/mol. The van der Waals surface area contributed by atoms with Gasteiger partial charge in [-0.2, -0.15) is 0 Å². The first-order chi connectivity index (χ1) is 6.50. The van der Waals surface area contributed by atoms with Crippen LogP contribution in [0.4, 0.5) is 5.69 Å². The zero-order valence-corrected chi connectivity index (χ0v) is 10.0. The Morgan fingerprint density at radius 3 is 1.43 bits per heavy atom. The van der Waals surface area contributed by atoms with E-state index in [1.807, 2.05) is 13.1 Å². The highest BCUT2D eigenvalue weighted by molar-refractivity contribution is 5.68. The van der Waals surface area contributed by atoms with Gasteiger partial charge < -0.3 is 0 Å². The second-order valence-corrected chi connectivity index (χ2v) is 3.86. The Balaban J connectivity index is 3.59. The molecule has 0 N–H and O–H groups in total. The Morgan fingerprint density at radius 2 is 1.07 bits per heavy atom. The Bertz CT molecular complexity index is 358. The van der Waals surface area contributed by atoms with Gasteiger partial charge in [-0.3, -0.25) is 4.99 Å². The second-order valence-electron chi connectivity index (χ2n) is 3.86. The molecule has 0 aliphatic heterocycles. The number of hydrogen-bond acceptors (Lipinski definition) is 1. The van der Waals surface area contributed by atoms with Crippen molar-refractivity contribution in [3.05, 3.63) is 27.8 Å². The van der Waals surface area contributed by atoms with Crippen LogP contribution in [0.3, 0.4) is 0 Å². The van der Waals surface area contributed by atoms with Crippen LogP contribution in [0.2, 0.25) is 0 Å². The molecule has 0 aliphatic rings. The van der Waals surface area contributed by atoms with E-state index in [9.17, 15) is 0 Å². The maximum atomic E-state index is 4.44. The van der Waals surface area contributed by atoms with Crippen molar-refractivity contribution >= 4 is 11.9 Å². The molecule has 0 spiro atoms. The van der Waals surface area contributed by atoms with Crippen LogP contribution >= 0.6 is 0 Å². The van der Waals surface area contributed by atoms with E-state index in [1.165, 1.54) is 27.8 Å². The van der Waals surface area contributed by atoms with E-state index in [0.29, 0.717) is 0 Å². The van der Waals surface area contributed by atoms with Gasteiger partial charge in [0.05, 0.1) is 5.69 Å². The lowest BCUT2D eigenvalue weighted by molar-refractivity contribution is 1.16. The smallest absolute Gasteiger partial charge is 0.0689 e. The van der Waals surface area contributed by atoms with Crippen LogP contribution in [-0.4, -0.2) is 6.21 Å². The molecule has 0 heterocycles. The molecule has 1 aromatic rings. The van der Waals surface area contributed by atoms with E-state index >= 15 is 0 Å². The molecule has 0 unspecified atom stereocenters. The fraction of sp³-hybridized carbons (Fsp3) is 0.462. The highest BCUT2D eigenvalue weighted by Crippen LogP contribution is 2.31. The Kier molecular flexibility index (Phi) is 3.10. The van der Waals surface area contributed by atoms with Crippen molar-refractivity contribution in [3.8, 4) is 0 Å². The Morgan fingerprint density at radius 1 is 0.714 bits per heavy atom. The SMILES string of the molecule is CC=Nc1c(C)c(C)c(C)c(C)c1C. The standard InChI is InChI=1S/C13H19N/c1-7-14-13-11(5)9(3)8(2)10(4)12(13)6/h7H,1-6H3. The summed E-state index contributed by atoms with van der Waals surface area (Å²) in [4.78, 5) is 4.44. The summed E-state index contributed by atoms with van der Waals surface area (Å²) < 4.78 is 0. The first-order valence-corrected chi connectivity index (χ1v) is 5.06. The predicted molar refractivity (Wildman–Crippen MR) is 64.0 cm³/mol. The van der Waals surface area contributed by atoms with Gasteiger partial charge in [-0.15, -0.1) is 0 Å². The molecule has 0 amide bonds. The molecule has 1 aromatic carbocycles. The van der Waals surface area contributed by atoms with E-state index < -0.39 is 0 Å². The summed E-state index contributed by atoms with van der Waals surface area (Å²) in [6.45, 7) is 12.8. The minimum absolute atomic E-state index is 1.15. The fourth-order valence-corrected chi connectivity index (χ4v) is 1.80. The molecule has 76 valence electrons. The number of hydrogen-bond donors (Lipinski definition) is 0. The van der Waals surface area contributed by atoms with Gasteiger partial charge in [-0.05, 0) is 69.4 Å². The summed E-state index contributed by atoms with van der Waals surface area (Å²) in [5.41, 5.74) is 7.90. The third-order valence-corrected chi connectivity index (χ3v) is 3.22. The summed E-state index contributed by atoms with van der Waals surface area (Å²) in [7, 11) is 0. The van der Waals surface area contributed by atoms with Crippen LogP contribution in [0, 0.1) is 34.6 Å². The maximum Gasteiger partial charge on any atom is 0.0689 e. The lowest BCUT2D eigenvalue weighted by Crippen LogP contribution is -1.95. The van der Waals surface area contributed by atoms with Crippen LogP contribution < -0.4 is 0 Å². The molecule has 1 heteroatoms. The zero-order valence-electron chi connectivity index (χ0n) is 10.0. The Labute approximate surface area is 86.9 Å². The van der Waals surface area contributed by atoms with Gasteiger partial charge >= 0.3 is 0 Å². The number of nitrogens with zero attached hydrogens (tertiary/aromatic N) is 1. The Hall–Kier alpha value is -1.11. The third kappa shape index (κ3) is 1.59. The molecule has 0 fully saturated rings. The van der Waals surface area contributed by atoms with Crippen LogP contribution in [-0.2, 0) is 0 Å². The summed E-state index contributed by atoms with van der Waals surface area (Å²) in [6.07, 6.45) is 1.86. The summed E-state index contributed by atoms with van der Waals surface area (Å²) in [5, 5.41) is 0. The highest BCUT2D eigenvalue weighted by Gasteiger charge is 2.10. The van der Waals surface area contributed by atoms with Gasteiger partial charge in [0, 0.05) is 6.21 Å². The lowest BCUT2D eigenvalue weighted by atomic mass is 9.93. The van der Waals surface area contributed by atoms with E-state index in [-0.39, 0.29) is 0 Å². The van der Waals surface area contributed by atoms with Crippen molar-refractivity contribution in [1.29, 1.82) is 0 Å². The largest absolute Gasteiger partial charge is 0.261 e. The number of aliphatic imine (C=N–C) groups is 1. The highest BCUT2D eigenvalue weighted by atomic mass is 14.7. The van der Waals surface area contributed by atoms with Crippen molar-refractivity contribution in [2.75, 3.05) is 0 Å². The molecule has 0 radical (unpaired) electrons. The second kappa shape index (κ2) is 3.95. The third-order valence-electron chi connectivity index (χ3n) is 3.22. The van der Waals surface area contributed by atoms with E-state index in [2.05, 4.69) is 39.6 Å². The average Bonchev–Trinajstić information content (AvgIpc) is 2.19. The average molecular weight is 189 g/mol. The quantitative estimate of drug-likeness (QED) is 0.593. The van der Waals surface area contributed by atoms with Crippen LogP contribution in [0.25, 0.3) is 0 Å². The van der Waals surface area contributed by atoms with Crippen molar-refractivity contribution in [1.82, 2.24) is 0 Å². The molecule has 14 heavy (non-hydrogen) atoms. The van der Waals surface area contributed by atoms with Gasteiger partial charge in [0.1, 0.15) is 0 Å². The molecular formula is C13H19N. The van der Waals surface area contributed by atoms with Gasteiger partial charge in [-0.1, -0.05) is 0 Å². The van der Waals surface area contributed by atoms with E-state index in [4.69, 9.17) is 0 Å². The first kappa shape index (κ1) is 11.0. The molecular weight excluding hydrogens is 170 g/mol. The van der Waals surface area contributed by atoms with Crippen LogP contribution in [0.15, 0.2) is 4.99 Å². The summed E-state index contributed by atoms with van der Waals surface area (Å²) in [6, 6.07) is 0. The summed E-state index contributed by atoms with van der Waals surface area (Å²) in [5.74, 6) is 0. The normalized spacial score (nSPS) is 11.3. The molecule has 0 saturated heterocycles. The predicted octanol–water partition coefficient (Wildman–Crippen LogP) is 3.95. The van der Waals surface area contributed by atoms with Crippen LogP contribution in [0.5, 0.6) is 0 Å². The van der Waals surface area contributed by atoms with Crippen molar-refractivity contribution in [2.45, 2.75) is 41.5 Å². The minimum Gasteiger partial charge on any atom is -0.261 e. The van der Waals surface area contributed by atoms with E-state index in [1.54, 1.807) is 0 Å². The molecule has 0 atom stereocenters. The zero-order chi connectivity index (χ0) is 10.9. The van der Waals surface area contributed by atoms with Crippen molar-refractivity contribution in [3.63, 3.8) is 0 Å². The molecule has 0 bridgehead atoms. The van der Waals surface area contributed by atoms with Gasteiger partial charge in [-0.25, -0.2) is 0 Å². The van der Waals surface area contributed by atoms with E-state index in [0.717, 1.165) is 5.69 Å². The van der Waals surface area contributed by atoms with Gasteiger partial charge in [0.25, 0.3) is 0 Å². The minimum atomic E-state index is 1.15. The first-order valence-electron chi connectivity index (χ1n) is 5.06. The number of benzene rings is 1. The van der Waals surface area contributed by atoms with Gasteiger partial charge in [0.15, 0.2) is 0 Å². The summed E-state index contributed by atoms with van der Waals surface area (Å²) >= 11 is 0. The fourth-order valence-electron chi connectivity index (χ4n) is 1.80. The molecule has 0 aliphatic carbocycles. The molecule has 1 nitrogen and oxygen atoms in total. The molecule has 0 saturated carbocycles. The van der Waals surface area contributed by atoms with Crippen molar-refractivity contribution < 1.29 is 0 Å².